The molecule has 1 aliphatic heterocycles. The van der Waals surface area contributed by atoms with Crippen LogP contribution < -0.4 is 10.2 Å². The third kappa shape index (κ3) is 4.73. The molecule has 0 aliphatic carbocycles. The van der Waals surface area contributed by atoms with Crippen molar-refractivity contribution in [2.45, 2.75) is 23.7 Å². The third-order valence-electron chi connectivity index (χ3n) is 4.84. The van der Waals surface area contributed by atoms with Gasteiger partial charge in [0.05, 0.1) is 26.2 Å². The third-order valence-corrected chi connectivity index (χ3v) is 8.11. The summed E-state index contributed by atoms with van der Waals surface area (Å²) >= 11 is 1.22. The van der Waals surface area contributed by atoms with Gasteiger partial charge in [-0.05, 0) is 36.1 Å². The molecule has 1 fully saturated rings. The lowest BCUT2D eigenvalue weighted by molar-refractivity contribution is -0.917. The van der Waals surface area contributed by atoms with E-state index >= 15 is 0 Å². The highest BCUT2D eigenvalue weighted by atomic mass is 32.2. The smallest absolute Gasteiger partial charge is 0.278 e. The molecule has 0 bridgehead atoms. The normalized spacial score (nSPS) is 17.6. The number of amides is 1. The van der Waals surface area contributed by atoms with Crippen LogP contribution in [-0.4, -0.2) is 50.9 Å². The monoisotopic (exact) mass is 412 g/mol. The fraction of sp³-hybridized carbons (Fsp3) is 0.389. The van der Waals surface area contributed by atoms with Gasteiger partial charge in [-0.1, -0.05) is 18.2 Å². The van der Waals surface area contributed by atoms with Crippen LogP contribution in [0.4, 0.5) is 4.39 Å². The number of rotatable bonds is 6. The van der Waals surface area contributed by atoms with Crippen molar-refractivity contribution in [2.75, 3.05) is 26.2 Å². The van der Waals surface area contributed by atoms with Gasteiger partial charge in [-0.2, -0.15) is 4.31 Å². The van der Waals surface area contributed by atoms with E-state index in [2.05, 4.69) is 5.32 Å². The summed E-state index contributed by atoms with van der Waals surface area (Å²) in [5.41, 5.74) is 0.832. The van der Waals surface area contributed by atoms with E-state index in [0.29, 0.717) is 36.9 Å². The molecule has 3 rings (SSSR count). The molecule has 1 aliphatic rings. The zero-order valence-electron chi connectivity index (χ0n) is 15.0. The first-order chi connectivity index (χ1) is 12.9. The number of carbonyl (C=O) groups excluding carboxylic acids is 1. The summed E-state index contributed by atoms with van der Waals surface area (Å²) in [6.45, 7) is 4.14. The highest BCUT2D eigenvalue weighted by Gasteiger charge is 2.34. The Morgan fingerprint density at radius 3 is 2.52 bits per heavy atom. The van der Waals surface area contributed by atoms with Crippen LogP contribution >= 0.6 is 11.3 Å². The van der Waals surface area contributed by atoms with Crippen LogP contribution in [0.5, 0.6) is 0 Å². The molecule has 1 aromatic heterocycles. The van der Waals surface area contributed by atoms with Gasteiger partial charge in [0.15, 0.2) is 6.04 Å². The average molecular weight is 413 g/mol. The molecule has 9 heteroatoms. The number of halogens is 1. The Hall–Kier alpha value is -1.81. The van der Waals surface area contributed by atoms with Crippen molar-refractivity contribution < 1.29 is 22.5 Å². The second-order valence-electron chi connectivity index (χ2n) is 6.56. The first-order valence-corrected chi connectivity index (χ1v) is 11.1. The Morgan fingerprint density at radius 2 is 1.93 bits per heavy atom. The number of quaternary nitrogens is 1. The van der Waals surface area contributed by atoms with Crippen LogP contribution in [0.3, 0.4) is 0 Å². The second kappa shape index (κ2) is 8.47. The van der Waals surface area contributed by atoms with Gasteiger partial charge >= 0.3 is 0 Å². The van der Waals surface area contributed by atoms with Gasteiger partial charge in [-0.3, -0.25) is 4.79 Å². The molecule has 1 saturated heterocycles. The topological polar surface area (TPSA) is 70.9 Å². The Bertz CT molecular complexity index is 862. The molecule has 0 spiro atoms. The van der Waals surface area contributed by atoms with Crippen molar-refractivity contribution in [3.8, 4) is 0 Å². The lowest BCUT2D eigenvalue weighted by Crippen LogP contribution is -3.19. The highest BCUT2D eigenvalue weighted by molar-refractivity contribution is 7.91. The fourth-order valence-electron chi connectivity index (χ4n) is 3.11. The maximum Gasteiger partial charge on any atom is 0.278 e. The molecule has 0 unspecified atom stereocenters. The van der Waals surface area contributed by atoms with Crippen LogP contribution in [0.15, 0.2) is 46.0 Å². The lowest BCUT2D eigenvalue weighted by atomic mass is 10.2. The summed E-state index contributed by atoms with van der Waals surface area (Å²) in [7, 11) is -3.43. The average Bonchev–Trinajstić information content (AvgIpc) is 3.22. The molecule has 2 N–H and O–H groups in total. The molecule has 6 nitrogen and oxygen atoms in total. The summed E-state index contributed by atoms with van der Waals surface area (Å²) in [5, 5.41) is 4.62. The number of hydrogen-bond acceptors (Lipinski definition) is 4. The van der Waals surface area contributed by atoms with E-state index < -0.39 is 10.0 Å². The molecule has 27 heavy (non-hydrogen) atoms. The molecular weight excluding hydrogens is 389 g/mol. The number of piperazine rings is 1. The number of thiophene rings is 1. The molecule has 0 saturated carbocycles. The summed E-state index contributed by atoms with van der Waals surface area (Å²) in [6, 6.07) is 9.07. The van der Waals surface area contributed by atoms with Crippen molar-refractivity contribution in [3.63, 3.8) is 0 Å². The van der Waals surface area contributed by atoms with Crippen molar-refractivity contribution >= 4 is 27.3 Å². The van der Waals surface area contributed by atoms with Crippen LogP contribution in [0.1, 0.15) is 12.5 Å². The molecule has 1 amide bonds. The van der Waals surface area contributed by atoms with E-state index in [1.54, 1.807) is 29.6 Å². The van der Waals surface area contributed by atoms with E-state index in [1.165, 1.54) is 27.8 Å². The van der Waals surface area contributed by atoms with E-state index in [4.69, 9.17) is 0 Å². The number of nitrogens with zero attached hydrogens (tertiary/aromatic N) is 1. The Balaban J connectivity index is 1.51. The number of hydrogen-bond donors (Lipinski definition) is 2. The molecular formula is C18H23FN3O3S2+. The second-order valence-corrected chi connectivity index (χ2v) is 9.67. The summed E-state index contributed by atoms with van der Waals surface area (Å²) in [4.78, 5) is 13.5. The summed E-state index contributed by atoms with van der Waals surface area (Å²) < 4.78 is 39.9. The Kier molecular flexibility index (Phi) is 6.25. The SMILES string of the molecule is C[C@@H](C(=O)NCc1ccc(F)cc1)[NH+]1CCN(S(=O)(=O)c2cccs2)CC1. The molecule has 146 valence electrons. The largest absolute Gasteiger partial charge is 0.347 e. The van der Waals surface area contributed by atoms with Gasteiger partial charge in [-0.25, -0.2) is 12.8 Å². The van der Waals surface area contributed by atoms with Crippen LogP contribution in [-0.2, 0) is 21.4 Å². The zero-order valence-corrected chi connectivity index (χ0v) is 16.7. The standard InChI is InChI=1S/C18H22FN3O3S2/c1-14(18(23)20-13-15-4-6-16(19)7-5-15)21-8-10-22(11-9-21)27(24,25)17-3-2-12-26-17/h2-7,12,14H,8-11,13H2,1H3,(H,20,23)/p+1/t14-/m0/s1. The molecule has 1 atom stereocenters. The maximum absolute atomic E-state index is 12.9. The molecule has 0 radical (unpaired) electrons. The van der Waals surface area contributed by atoms with Gasteiger partial charge in [0.25, 0.3) is 15.9 Å². The van der Waals surface area contributed by atoms with E-state index in [9.17, 15) is 17.6 Å². The molecule has 1 aromatic carbocycles. The molecule has 2 aromatic rings. The number of benzene rings is 1. The fourth-order valence-corrected chi connectivity index (χ4v) is 5.70. The van der Waals surface area contributed by atoms with Gasteiger partial charge < -0.3 is 10.2 Å². The Labute approximate surface area is 162 Å². The van der Waals surface area contributed by atoms with Crippen molar-refractivity contribution in [2.24, 2.45) is 0 Å². The number of nitrogens with one attached hydrogen (secondary N) is 2. The molecule has 2 heterocycles. The van der Waals surface area contributed by atoms with Gasteiger partial charge in [0.1, 0.15) is 10.0 Å². The van der Waals surface area contributed by atoms with Crippen molar-refractivity contribution in [1.82, 2.24) is 9.62 Å². The minimum absolute atomic E-state index is 0.0936. The Morgan fingerprint density at radius 1 is 1.26 bits per heavy atom. The van der Waals surface area contributed by atoms with Gasteiger partial charge in [0, 0.05) is 6.54 Å². The van der Waals surface area contributed by atoms with Crippen molar-refractivity contribution in [3.05, 3.63) is 53.2 Å². The van der Waals surface area contributed by atoms with Gasteiger partial charge in [0.2, 0.25) is 0 Å². The number of carbonyl (C=O) groups is 1. The first-order valence-electron chi connectivity index (χ1n) is 8.78. The van der Waals surface area contributed by atoms with Crippen LogP contribution in [0, 0.1) is 5.82 Å². The number of sulfonamides is 1. The van der Waals surface area contributed by atoms with E-state index in [0.717, 1.165) is 10.5 Å². The summed E-state index contributed by atoms with van der Waals surface area (Å²) in [6.07, 6.45) is 0. The zero-order chi connectivity index (χ0) is 19.4. The van der Waals surface area contributed by atoms with E-state index in [-0.39, 0.29) is 17.8 Å². The van der Waals surface area contributed by atoms with E-state index in [1.807, 2.05) is 6.92 Å². The van der Waals surface area contributed by atoms with Gasteiger partial charge in [-0.15, -0.1) is 11.3 Å². The first kappa shape index (κ1) is 19.9. The van der Waals surface area contributed by atoms with Crippen LogP contribution in [0.2, 0.25) is 0 Å². The predicted molar refractivity (Wildman–Crippen MR) is 101 cm³/mol. The minimum atomic E-state index is -3.43. The lowest BCUT2D eigenvalue weighted by Gasteiger charge is -2.33. The predicted octanol–water partition coefficient (Wildman–Crippen LogP) is 0.481. The summed E-state index contributed by atoms with van der Waals surface area (Å²) in [5.74, 6) is -0.401. The van der Waals surface area contributed by atoms with Crippen molar-refractivity contribution in [1.29, 1.82) is 0 Å². The maximum atomic E-state index is 12.9. The quantitative estimate of drug-likeness (QED) is 0.725. The highest BCUT2D eigenvalue weighted by Crippen LogP contribution is 2.20. The minimum Gasteiger partial charge on any atom is -0.347 e. The van der Waals surface area contributed by atoms with Crippen LogP contribution in [0.25, 0.3) is 0 Å².